The third-order valence-corrected chi connectivity index (χ3v) is 3.01. The van der Waals surface area contributed by atoms with Gasteiger partial charge in [0, 0.05) is 11.6 Å². The van der Waals surface area contributed by atoms with E-state index in [1.54, 1.807) is 7.11 Å². The summed E-state index contributed by atoms with van der Waals surface area (Å²) in [5.74, 6) is 1.96. The van der Waals surface area contributed by atoms with Crippen molar-refractivity contribution >= 4 is 0 Å². The highest BCUT2D eigenvalue weighted by molar-refractivity contribution is 5.56. The number of aromatic nitrogens is 2. The minimum atomic E-state index is 0.437. The van der Waals surface area contributed by atoms with E-state index in [4.69, 9.17) is 9.26 Å². The second-order valence-electron chi connectivity index (χ2n) is 4.43. The number of nitrogens with zero attached hydrogens (tertiary/aromatic N) is 2. The molecule has 0 bridgehead atoms. The van der Waals surface area contributed by atoms with Crippen LogP contribution in [0, 0.1) is 0 Å². The molecule has 0 fully saturated rings. The molecule has 1 aromatic carbocycles. The smallest absolute Gasteiger partial charge is 0.240 e. The number of hydrogen-bond donors (Lipinski definition) is 1. The molecule has 1 unspecified atom stereocenters. The predicted octanol–water partition coefficient (Wildman–Crippen LogP) is 2.63. The van der Waals surface area contributed by atoms with Crippen molar-refractivity contribution in [2.24, 2.45) is 0 Å². The molecule has 1 heterocycles. The molecule has 1 N–H and O–H groups in total. The Morgan fingerprint density at radius 3 is 3.00 bits per heavy atom. The van der Waals surface area contributed by atoms with Gasteiger partial charge in [0.05, 0.1) is 13.7 Å². The van der Waals surface area contributed by atoms with Crippen molar-refractivity contribution in [3.63, 3.8) is 0 Å². The van der Waals surface area contributed by atoms with Gasteiger partial charge in [0.1, 0.15) is 5.75 Å². The lowest BCUT2D eigenvalue weighted by molar-refractivity contribution is 0.358. The van der Waals surface area contributed by atoms with Gasteiger partial charge < -0.3 is 14.6 Å². The number of rotatable bonds is 6. The van der Waals surface area contributed by atoms with Gasteiger partial charge in [-0.1, -0.05) is 24.2 Å². The van der Waals surface area contributed by atoms with Crippen molar-refractivity contribution < 1.29 is 9.26 Å². The summed E-state index contributed by atoms with van der Waals surface area (Å²) in [6.45, 7) is 4.85. The molecule has 0 radical (unpaired) electrons. The number of ether oxygens (including phenoxy) is 1. The van der Waals surface area contributed by atoms with Gasteiger partial charge in [0.25, 0.3) is 0 Å². The van der Waals surface area contributed by atoms with E-state index < -0.39 is 0 Å². The van der Waals surface area contributed by atoms with E-state index >= 15 is 0 Å². The third kappa shape index (κ3) is 3.54. The van der Waals surface area contributed by atoms with Crippen LogP contribution in [0.25, 0.3) is 11.4 Å². The van der Waals surface area contributed by atoms with E-state index in [2.05, 4.69) is 29.3 Å². The average Bonchev–Trinajstić information content (AvgIpc) is 2.93. The maximum atomic E-state index is 5.22. The molecule has 5 nitrogen and oxygen atoms in total. The highest BCUT2D eigenvalue weighted by Crippen LogP contribution is 2.21. The van der Waals surface area contributed by atoms with Crippen LogP contribution in [0.5, 0.6) is 5.75 Å². The van der Waals surface area contributed by atoms with Crippen LogP contribution in [0.15, 0.2) is 28.8 Å². The van der Waals surface area contributed by atoms with Crippen molar-refractivity contribution in [2.75, 3.05) is 7.11 Å². The molecule has 2 aromatic rings. The normalized spacial score (nSPS) is 12.4. The summed E-state index contributed by atoms with van der Waals surface area (Å²) in [4.78, 5) is 4.37. The summed E-state index contributed by atoms with van der Waals surface area (Å²) in [7, 11) is 1.64. The van der Waals surface area contributed by atoms with Crippen molar-refractivity contribution in [1.82, 2.24) is 15.5 Å². The van der Waals surface area contributed by atoms with E-state index in [1.807, 2.05) is 24.3 Å². The molecule has 1 atom stereocenters. The summed E-state index contributed by atoms with van der Waals surface area (Å²) in [6.07, 6.45) is 1.07. The Morgan fingerprint density at radius 2 is 2.26 bits per heavy atom. The van der Waals surface area contributed by atoms with Crippen LogP contribution >= 0.6 is 0 Å². The van der Waals surface area contributed by atoms with E-state index in [0.717, 1.165) is 17.7 Å². The van der Waals surface area contributed by atoms with Gasteiger partial charge in [-0.2, -0.15) is 4.98 Å². The van der Waals surface area contributed by atoms with Crippen LogP contribution in [0.1, 0.15) is 26.2 Å². The summed E-state index contributed by atoms with van der Waals surface area (Å²) >= 11 is 0. The molecule has 0 aliphatic rings. The average molecular weight is 261 g/mol. The van der Waals surface area contributed by atoms with E-state index in [1.165, 1.54) is 0 Å². The zero-order chi connectivity index (χ0) is 13.7. The van der Waals surface area contributed by atoms with Gasteiger partial charge in [-0.15, -0.1) is 0 Å². The van der Waals surface area contributed by atoms with Crippen molar-refractivity contribution in [1.29, 1.82) is 0 Å². The fraction of sp³-hybridized carbons (Fsp3) is 0.429. The lowest BCUT2D eigenvalue weighted by Crippen LogP contribution is -2.24. The highest BCUT2D eigenvalue weighted by Gasteiger charge is 2.09. The Labute approximate surface area is 113 Å². The van der Waals surface area contributed by atoms with E-state index in [-0.39, 0.29) is 0 Å². The second kappa shape index (κ2) is 6.33. The summed E-state index contributed by atoms with van der Waals surface area (Å²) in [6, 6.07) is 8.04. The van der Waals surface area contributed by atoms with E-state index in [0.29, 0.717) is 24.3 Å². The first-order chi connectivity index (χ1) is 9.22. The number of hydrogen-bond acceptors (Lipinski definition) is 5. The third-order valence-electron chi connectivity index (χ3n) is 3.01. The summed E-state index contributed by atoms with van der Waals surface area (Å²) in [5, 5.41) is 7.30. The maximum Gasteiger partial charge on any atom is 0.240 e. The molecule has 1 aromatic heterocycles. The van der Waals surface area contributed by atoms with Crippen molar-refractivity contribution in [2.45, 2.75) is 32.9 Å². The highest BCUT2D eigenvalue weighted by atomic mass is 16.5. The zero-order valence-corrected chi connectivity index (χ0v) is 11.5. The molecule has 5 heteroatoms. The fourth-order valence-electron chi connectivity index (χ4n) is 1.61. The van der Waals surface area contributed by atoms with Crippen LogP contribution in [-0.2, 0) is 6.54 Å². The first-order valence-electron chi connectivity index (χ1n) is 6.43. The van der Waals surface area contributed by atoms with Gasteiger partial charge in [-0.05, 0) is 25.5 Å². The summed E-state index contributed by atoms with van der Waals surface area (Å²) < 4.78 is 10.4. The Hall–Kier alpha value is -1.88. The molecule has 19 heavy (non-hydrogen) atoms. The molecular weight excluding hydrogens is 242 g/mol. The lowest BCUT2D eigenvalue weighted by Gasteiger charge is -2.07. The number of benzene rings is 1. The number of methoxy groups -OCH3 is 1. The molecule has 0 aliphatic carbocycles. The second-order valence-corrected chi connectivity index (χ2v) is 4.43. The largest absolute Gasteiger partial charge is 0.497 e. The minimum Gasteiger partial charge on any atom is -0.497 e. The van der Waals surface area contributed by atoms with Gasteiger partial charge >= 0.3 is 0 Å². The molecule has 0 saturated heterocycles. The lowest BCUT2D eigenvalue weighted by atomic mass is 10.2. The van der Waals surface area contributed by atoms with Crippen LogP contribution in [0.3, 0.4) is 0 Å². The monoisotopic (exact) mass is 261 g/mol. The maximum absolute atomic E-state index is 5.22. The Kier molecular flexibility index (Phi) is 4.52. The minimum absolute atomic E-state index is 0.437. The zero-order valence-electron chi connectivity index (χ0n) is 11.5. The molecule has 0 amide bonds. The van der Waals surface area contributed by atoms with Gasteiger partial charge in [-0.3, -0.25) is 0 Å². The Balaban J connectivity index is 2.07. The van der Waals surface area contributed by atoms with Gasteiger partial charge in [0.15, 0.2) is 0 Å². The predicted molar refractivity (Wildman–Crippen MR) is 72.9 cm³/mol. The topological polar surface area (TPSA) is 60.2 Å². The molecule has 0 saturated carbocycles. The van der Waals surface area contributed by atoms with Crippen LogP contribution in [0.2, 0.25) is 0 Å². The first-order valence-corrected chi connectivity index (χ1v) is 6.43. The standard InChI is InChI=1S/C14H19N3O2/c1-4-10(2)15-9-13-16-14(17-19-13)11-6-5-7-12(8-11)18-3/h5-8,10,15H,4,9H2,1-3H3. The van der Waals surface area contributed by atoms with E-state index in [9.17, 15) is 0 Å². The quantitative estimate of drug-likeness (QED) is 0.866. The fourth-order valence-corrected chi connectivity index (χ4v) is 1.61. The van der Waals surface area contributed by atoms with Crippen molar-refractivity contribution in [3.8, 4) is 17.1 Å². The summed E-state index contributed by atoms with van der Waals surface area (Å²) in [5.41, 5.74) is 0.887. The molecular formula is C14H19N3O2. The molecule has 102 valence electrons. The Bertz CT molecular complexity index is 525. The first kappa shape index (κ1) is 13.5. The van der Waals surface area contributed by atoms with Crippen molar-refractivity contribution in [3.05, 3.63) is 30.2 Å². The molecule has 2 rings (SSSR count). The van der Waals surface area contributed by atoms with Crippen LogP contribution < -0.4 is 10.1 Å². The van der Waals surface area contributed by atoms with Crippen LogP contribution in [-0.4, -0.2) is 23.3 Å². The van der Waals surface area contributed by atoms with Gasteiger partial charge in [-0.25, -0.2) is 0 Å². The van der Waals surface area contributed by atoms with Crippen LogP contribution in [0.4, 0.5) is 0 Å². The Morgan fingerprint density at radius 1 is 1.42 bits per heavy atom. The number of nitrogens with one attached hydrogen (secondary N) is 1. The van der Waals surface area contributed by atoms with Gasteiger partial charge in [0.2, 0.25) is 11.7 Å². The molecule has 0 aliphatic heterocycles. The molecule has 0 spiro atoms. The SMILES string of the molecule is CCC(C)NCc1nc(-c2cccc(OC)c2)no1.